The van der Waals surface area contributed by atoms with Crippen LogP contribution in [-0.4, -0.2) is 40.1 Å². The first-order valence-electron chi connectivity index (χ1n) is 5.76. The molecule has 2 aliphatic heterocycles. The third-order valence-electron chi connectivity index (χ3n) is 3.66. The number of rotatable bonds is 2. The van der Waals surface area contributed by atoms with E-state index in [0.29, 0.717) is 11.9 Å². The van der Waals surface area contributed by atoms with Crippen molar-refractivity contribution < 1.29 is 4.79 Å². The minimum atomic E-state index is -0.327. The Balaban J connectivity index is 2.15. The first-order chi connectivity index (χ1) is 7.08. The van der Waals surface area contributed by atoms with Gasteiger partial charge in [0.15, 0.2) is 0 Å². The van der Waals surface area contributed by atoms with Gasteiger partial charge in [-0.2, -0.15) is 11.8 Å². The summed E-state index contributed by atoms with van der Waals surface area (Å²) in [6, 6.07) is 0.457. The number of carbonyl (C=O) groups is 1. The fourth-order valence-electron chi connectivity index (χ4n) is 2.53. The molecule has 0 aromatic heterocycles. The van der Waals surface area contributed by atoms with Crippen molar-refractivity contribution in [1.29, 1.82) is 0 Å². The van der Waals surface area contributed by atoms with Gasteiger partial charge in [-0.1, -0.05) is 6.92 Å². The van der Waals surface area contributed by atoms with Gasteiger partial charge < -0.3 is 4.90 Å². The van der Waals surface area contributed by atoms with Gasteiger partial charge in [-0.25, -0.2) is 0 Å². The predicted octanol–water partition coefficient (Wildman–Crippen LogP) is 1.44. The third kappa shape index (κ3) is 1.78. The second kappa shape index (κ2) is 3.98. The van der Waals surface area contributed by atoms with E-state index in [1.165, 1.54) is 5.75 Å². The molecule has 2 rings (SSSR count). The molecule has 4 heteroatoms. The predicted molar refractivity (Wildman–Crippen MR) is 63.9 cm³/mol. The van der Waals surface area contributed by atoms with Crippen LogP contribution < -0.4 is 5.32 Å². The summed E-state index contributed by atoms with van der Waals surface area (Å²) < 4.78 is 0. The average molecular weight is 228 g/mol. The molecule has 2 fully saturated rings. The van der Waals surface area contributed by atoms with E-state index in [-0.39, 0.29) is 11.7 Å². The second-order valence-electron chi connectivity index (χ2n) is 4.74. The van der Waals surface area contributed by atoms with Crippen molar-refractivity contribution in [2.45, 2.75) is 51.4 Å². The molecular weight excluding hydrogens is 208 g/mol. The molecule has 3 nitrogen and oxygen atoms in total. The molecule has 0 bridgehead atoms. The summed E-state index contributed by atoms with van der Waals surface area (Å²) in [6.45, 7) is 6.19. The van der Waals surface area contributed by atoms with Crippen molar-refractivity contribution in [3.63, 3.8) is 0 Å². The molecule has 1 N–H and O–H groups in total. The van der Waals surface area contributed by atoms with Crippen LogP contribution in [-0.2, 0) is 4.79 Å². The van der Waals surface area contributed by atoms with Gasteiger partial charge in [0.05, 0.1) is 11.7 Å². The fraction of sp³-hybridized carbons (Fsp3) is 0.909. The smallest absolute Gasteiger partial charge is 0.244 e. The van der Waals surface area contributed by atoms with Crippen LogP contribution in [0, 0.1) is 0 Å². The van der Waals surface area contributed by atoms with E-state index in [2.05, 4.69) is 24.1 Å². The lowest BCUT2D eigenvalue weighted by Gasteiger charge is -2.27. The molecule has 3 atom stereocenters. The summed E-state index contributed by atoms with van der Waals surface area (Å²) in [5.74, 6) is 2.60. The molecule has 2 aliphatic rings. The minimum absolute atomic E-state index is 0.200. The van der Waals surface area contributed by atoms with Crippen LogP contribution in [0.5, 0.6) is 0 Å². The van der Waals surface area contributed by atoms with Crippen molar-refractivity contribution in [3.8, 4) is 0 Å². The highest BCUT2D eigenvalue weighted by molar-refractivity contribution is 7.99. The molecule has 0 aromatic carbocycles. The highest BCUT2D eigenvalue weighted by Gasteiger charge is 2.47. The van der Waals surface area contributed by atoms with Crippen LogP contribution in [0.1, 0.15) is 33.6 Å². The Bertz CT molecular complexity index is 265. The largest absolute Gasteiger partial charge is 0.322 e. The normalized spacial score (nSPS) is 41.5. The van der Waals surface area contributed by atoms with Crippen LogP contribution in [0.2, 0.25) is 0 Å². The molecule has 0 saturated carbocycles. The molecule has 0 radical (unpaired) electrons. The van der Waals surface area contributed by atoms with Crippen molar-refractivity contribution >= 4 is 17.7 Å². The molecule has 0 spiro atoms. The zero-order valence-electron chi connectivity index (χ0n) is 9.75. The maximum atomic E-state index is 12.3. The molecule has 2 saturated heterocycles. The lowest BCUT2D eigenvalue weighted by molar-refractivity contribution is -0.134. The van der Waals surface area contributed by atoms with E-state index < -0.39 is 0 Å². The topological polar surface area (TPSA) is 32.3 Å². The van der Waals surface area contributed by atoms with Gasteiger partial charge >= 0.3 is 0 Å². The van der Waals surface area contributed by atoms with Gasteiger partial charge in [-0.3, -0.25) is 10.1 Å². The van der Waals surface area contributed by atoms with Crippen molar-refractivity contribution in [1.82, 2.24) is 10.2 Å². The van der Waals surface area contributed by atoms with E-state index >= 15 is 0 Å². The third-order valence-corrected chi connectivity index (χ3v) is 4.80. The van der Waals surface area contributed by atoms with Gasteiger partial charge in [-0.05, 0) is 32.4 Å². The van der Waals surface area contributed by atoms with E-state index in [9.17, 15) is 4.79 Å². The van der Waals surface area contributed by atoms with Gasteiger partial charge in [0.1, 0.15) is 0 Å². The van der Waals surface area contributed by atoms with Gasteiger partial charge in [0.25, 0.3) is 0 Å². The SMILES string of the molecule is CCC1(C)NC(C)N(C2CCSC2)C1=O. The van der Waals surface area contributed by atoms with E-state index in [1.807, 2.05) is 18.7 Å². The molecule has 1 amide bonds. The van der Waals surface area contributed by atoms with Crippen LogP contribution >= 0.6 is 11.8 Å². The number of thioether (sulfide) groups is 1. The van der Waals surface area contributed by atoms with E-state index in [1.54, 1.807) is 0 Å². The van der Waals surface area contributed by atoms with Crippen LogP contribution in [0.15, 0.2) is 0 Å². The number of carbonyl (C=O) groups excluding carboxylic acids is 1. The maximum Gasteiger partial charge on any atom is 0.244 e. The quantitative estimate of drug-likeness (QED) is 0.776. The zero-order valence-corrected chi connectivity index (χ0v) is 10.6. The molecule has 0 aromatic rings. The Labute approximate surface area is 96.0 Å². The van der Waals surface area contributed by atoms with Crippen molar-refractivity contribution in [2.75, 3.05) is 11.5 Å². The zero-order chi connectivity index (χ0) is 11.1. The van der Waals surface area contributed by atoms with Crippen LogP contribution in [0.25, 0.3) is 0 Å². The van der Waals surface area contributed by atoms with Crippen molar-refractivity contribution in [3.05, 3.63) is 0 Å². The molecular formula is C11H20N2OS. The Morgan fingerprint density at radius 2 is 2.40 bits per heavy atom. The highest BCUT2D eigenvalue weighted by atomic mass is 32.2. The lowest BCUT2D eigenvalue weighted by atomic mass is 9.99. The molecule has 3 unspecified atom stereocenters. The number of hydrogen-bond acceptors (Lipinski definition) is 3. The Kier molecular flexibility index (Phi) is 2.99. The van der Waals surface area contributed by atoms with E-state index in [0.717, 1.165) is 18.6 Å². The van der Waals surface area contributed by atoms with Gasteiger partial charge in [-0.15, -0.1) is 0 Å². The fourth-order valence-corrected chi connectivity index (χ4v) is 3.73. The Morgan fingerprint density at radius 1 is 1.67 bits per heavy atom. The summed E-state index contributed by atoms with van der Waals surface area (Å²) in [4.78, 5) is 14.4. The van der Waals surface area contributed by atoms with Crippen LogP contribution in [0.4, 0.5) is 0 Å². The van der Waals surface area contributed by atoms with Gasteiger partial charge in [0.2, 0.25) is 5.91 Å². The molecule has 86 valence electrons. The first-order valence-corrected chi connectivity index (χ1v) is 6.92. The summed E-state index contributed by atoms with van der Waals surface area (Å²) in [5, 5.41) is 3.42. The monoisotopic (exact) mass is 228 g/mol. The highest BCUT2D eigenvalue weighted by Crippen LogP contribution is 2.31. The first kappa shape index (κ1) is 11.3. The summed E-state index contributed by atoms with van der Waals surface area (Å²) in [6.07, 6.45) is 2.22. The summed E-state index contributed by atoms with van der Waals surface area (Å²) >= 11 is 1.96. The number of nitrogens with one attached hydrogen (secondary N) is 1. The molecule has 2 heterocycles. The standard InChI is InChI=1S/C11H20N2OS/c1-4-11(3)10(14)13(8(2)12-11)9-5-6-15-7-9/h8-9,12H,4-7H2,1-3H3. The lowest BCUT2D eigenvalue weighted by Crippen LogP contribution is -2.45. The summed E-state index contributed by atoms with van der Waals surface area (Å²) in [5.41, 5.74) is -0.327. The summed E-state index contributed by atoms with van der Waals surface area (Å²) in [7, 11) is 0. The van der Waals surface area contributed by atoms with Crippen LogP contribution in [0.3, 0.4) is 0 Å². The number of nitrogens with zero attached hydrogens (tertiary/aromatic N) is 1. The number of amides is 1. The van der Waals surface area contributed by atoms with Crippen molar-refractivity contribution in [2.24, 2.45) is 0 Å². The molecule has 0 aliphatic carbocycles. The Morgan fingerprint density at radius 3 is 2.87 bits per heavy atom. The second-order valence-corrected chi connectivity index (χ2v) is 5.89. The average Bonchev–Trinajstić information content (AvgIpc) is 2.76. The number of hydrogen-bond donors (Lipinski definition) is 1. The van der Waals surface area contributed by atoms with Gasteiger partial charge in [0, 0.05) is 11.8 Å². The maximum absolute atomic E-state index is 12.3. The van der Waals surface area contributed by atoms with E-state index in [4.69, 9.17) is 0 Å². The Hall–Kier alpha value is -0.220. The minimum Gasteiger partial charge on any atom is -0.322 e. The molecule has 15 heavy (non-hydrogen) atoms.